The largest absolute Gasteiger partial charge is 0.484 e. The Bertz CT molecular complexity index is 2070. The predicted molar refractivity (Wildman–Crippen MR) is 279 cm³/mol. The molecule has 0 spiro atoms. The molecule has 1 unspecified atom stereocenters. The number of anilines is 1. The molecule has 6 amide bonds. The van der Waals surface area contributed by atoms with E-state index in [2.05, 4.69) is 43.5 Å². The highest BCUT2D eigenvalue weighted by Crippen LogP contribution is 2.38. The number of ether oxygens (including phenoxy) is 1. The number of amides is 6. The Hall–Kier alpha value is -1.66. The Morgan fingerprint density at radius 2 is 1.37 bits per heavy atom. The third-order valence-corrected chi connectivity index (χ3v) is 15.4. The zero-order chi connectivity index (χ0) is 45.0. The van der Waals surface area contributed by atoms with Crippen LogP contribution in [0.25, 0.3) is 0 Å². The number of hydrogen-bond acceptors (Lipinski definition) is 10. The normalized spacial score (nSPS) is 13.5. The third kappa shape index (κ3) is 13.7. The van der Waals surface area contributed by atoms with Crippen molar-refractivity contribution in [2.24, 2.45) is 27.4 Å². The van der Waals surface area contributed by atoms with Crippen LogP contribution in [0.1, 0.15) is 81.0 Å². The number of aliphatic imine (C=N–C) groups is 2. The van der Waals surface area contributed by atoms with E-state index in [1.54, 1.807) is 11.8 Å². The summed E-state index contributed by atoms with van der Waals surface area (Å²) in [5.74, 6) is -2.68. The predicted octanol–water partition coefficient (Wildman–Crippen LogP) is 3.87. The van der Waals surface area contributed by atoms with Gasteiger partial charge in [-0.2, -0.15) is 0 Å². The number of hydrogen-bond donors (Lipinski definition) is 8. The van der Waals surface area contributed by atoms with E-state index in [-0.39, 0.29) is 76.6 Å². The molecule has 0 radical (unpaired) electrons. The Kier molecular flexibility index (Phi) is 21.9. The molecule has 0 aromatic heterocycles. The van der Waals surface area contributed by atoms with Gasteiger partial charge in [-0.05, 0) is 167 Å². The minimum Gasteiger partial charge on any atom is -0.484 e. The molecule has 10 N–H and O–H groups in total. The molecule has 18 nitrogen and oxygen atoms in total. The van der Waals surface area contributed by atoms with Crippen molar-refractivity contribution in [1.82, 2.24) is 26.2 Å². The highest BCUT2D eigenvalue weighted by atomic mass is 127. The minimum atomic E-state index is -0.953. The number of likely N-dealkylation sites (tertiary alicyclic amines) is 1. The molecule has 0 bridgehead atoms. The molecule has 24 heteroatoms. The number of aliphatic hydroxyl groups excluding tert-OH is 1. The summed E-state index contributed by atoms with van der Waals surface area (Å²) >= 11 is 11.6. The van der Waals surface area contributed by atoms with Crippen LogP contribution >= 0.6 is 136 Å². The van der Waals surface area contributed by atoms with Gasteiger partial charge < -0.3 is 52.8 Å². The van der Waals surface area contributed by atoms with Crippen LogP contribution in [0.5, 0.6) is 0 Å². The van der Waals surface area contributed by atoms with Gasteiger partial charge in [-0.15, -0.1) is 0 Å². The number of halogens is 6. The van der Waals surface area contributed by atoms with Gasteiger partial charge in [0.15, 0.2) is 11.9 Å². The van der Waals surface area contributed by atoms with Crippen LogP contribution in [-0.2, 0) is 14.3 Å². The molecule has 0 saturated carbocycles. The first kappa shape index (κ1) is 52.7. The third-order valence-electron chi connectivity index (χ3n) is 9.03. The second-order valence-electron chi connectivity index (χ2n) is 13.2. The maximum Gasteiger partial charge on any atom is 0.254 e. The van der Waals surface area contributed by atoms with E-state index in [9.17, 15) is 33.9 Å². The van der Waals surface area contributed by atoms with Gasteiger partial charge >= 0.3 is 0 Å². The summed E-state index contributed by atoms with van der Waals surface area (Å²) in [6, 6.07) is -0.953. The number of aliphatic hydroxyl groups is 1. The van der Waals surface area contributed by atoms with Crippen molar-refractivity contribution in [3.05, 3.63) is 43.7 Å². The highest BCUT2D eigenvalue weighted by molar-refractivity contribution is 14.1. The van der Waals surface area contributed by atoms with Gasteiger partial charge in [0.05, 0.1) is 68.2 Å². The maximum atomic E-state index is 14.3. The van der Waals surface area contributed by atoms with Crippen LogP contribution in [0.3, 0.4) is 0 Å². The van der Waals surface area contributed by atoms with E-state index in [0.29, 0.717) is 47.7 Å². The summed E-state index contributed by atoms with van der Waals surface area (Å²) < 4.78 is 7.28. The van der Waals surface area contributed by atoms with Crippen LogP contribution in [0.2, 0.25) is 0 Å². The average Bonchev–Trinajstić information content (AvgIpc) is 3.20. The summed E-state index contributed by atoms with van der Waals surface area (Å²) in [5, 5.41) is 22.9. The molecule has 0 aliphatic carbocycles. The average molecular weight is 1510 g/mol. The maximum absolute atomic E-state index is 14.3. The molecule has 1 fully saturated rings. The van der Waals surface area contributed by atoms with Crippen molar-refractivity contribution in [2.45, 2.75) is 45.6 Å². The number of rotatable bonds is 16. The van der Waals surface area contributed by atoms with Gasteiger partial charge in [0, 0.05) is 47.3 Å². The minimum absolute atomic E-state index is 0.0311. The molecule has 328 valence electrons. The fraction of sp³-hybridized carbons (Fsp3) is 0.444. The molecule has 1 heterocycles. The summed E-state index contributed by atoms with van der Waals surface area (Å²) in [7, 11) is 2.91. The molecule has 1 aliphatic heterocycles. The monoisotopic (exact) mass is 1510 g/mol. The van der Waals surface area contributed by atoms with E-state index in [1.165, 1.54) is 14.2 Å². The van der Waals surface area contributed by atoms with Gasteiger partial charge in [-0.1, -0.05) is 6.92 Å². The van der Waals surface area contributed by atoms with E-state index >= 15 is 0 Å². The Morgan fingerprint density at radius 1 is 0.833 bits per heavy atom. The molecule has 60 heavy (non-hydrogen) atoms. The first-order valence-electron chi connectivity index (χ1n) is 18.1. The molecular weight excluding hydrogens is 1460 g/mol. The smallest absolute Gasteiger partial charge is 0.254 e. The summed E-state index contributed by atoms with van der Waals surface area (Å²) in [6.07, 6.45) is 2.26. The van der Waals surface area contributed by atoms with E-state index < -0.39 is 42.1 Å². The number of guanidine groups is 1. The number of methoxy groups -OCH3 is 1. The Morgan fingerprint density at radius 3 is 1.90 bits per heavy atom. The number of carbonyl (C=O) groups is 6. The molecule has 1 saturated heterocycles. The molecule has 2 aromatic carbocycles. The number of nitrogens with zero attached hydrogens (tertiary/aromatic N) is 3. The molecular formula is C36H44I6N10O8. The van der Waals surface area contributed by atoms with Gasteiger partial charge in [-0.25, -0.2) is 4.99 Å². The van der Waals surface area contributed by atoms with Crippen molar-refractivity contribution in [1.29, 1.82) is 0 Å². The molecule has 3 rings (SSSR count). The lowest BCUT2D eigenvalue weighted by atomic mass is 9.98. The number of nitrogens with two attached hydrogens (primary N) is 2. The van der Waals surface area contributed by atoms with Crippen LogP contribution in [0.15, 0.2) is 9.98 Å². The van der Waals surface area contributed by atoms with Crippen molar-refractivity contribution in [3.63, 3.8) is 0 Å². The fourth-order valence-electron chi connectivity index (χ4n) is 5.78. The molecule has 1 aliphatic rings. The highest BCUT2D eigenvalue weighted by Gasteiger charge is 2.33. The lowest BCUT2D eigenvalue weighted by Crippen LogP contribution is -2.51. The van der Waals surface area contributed by atoms with Crippen molar-refractivity contribution in [2.75, 3.05) is 58.8 Å². The van der Waals surface area contributed by atoms with E-state index in [1.807, 2.05) is 136 Å². The number of carbonyl (C=O) groups excluding carboxylic acids is 6. The number of piperidine rings is 1. The molecule has 2 aromatic rings. The lowest BCUT2D eigenvalue weighted by Gasteiger charge is -2.33. The quantitative estimate of drug-likeness (QED) is 0.0520. The second kappa shape index (κ2) is 25.0. The topological polar surface area (TPSA) is 272 Å². The van der Waals surface area contributed by atoms with E-state index in [4.69, 9.17) is 16.2 Å². The van der Waals surface area contributed by atoms with Gasteiger partial charge in [0.2, 0.25) is 11.8 Å². The summed E-state index contributed by atoms with van der Waals surface area (Å²) in [5.41, 5.74) is 11.9. The summed E-state index contributed by atoms with van der Waals surface area (Å²) in [6.45, 7) is 4.10. The SMILES string of the molecule is CNC(=O)c1c(I)c(N=C(C)OC)c(I)c(C(=O)NCC(=O)Nc2c(I)c(C(=O)NCCO)c(I)c(C(=O)NC(CCCN=C(N)N)C(=O)N3CCC(C)CC3)c2I)c1I. The standard InChI is InChI=1S/C36H44I6N10O8/c1-15-7-11-52(12-8-15)35(59)17(6-5-9-47-36(43)44)50-34(58)22-24(38)20(32(56)46-10-13-53)27(41)30(28(22)42)51-18(54)14-48-33(57)21-23(37)19(31(55)45-3)25(39)29(26(21)40)49-16(2)60-4/h15,17,53H,5-14H2,1-4H3,(H,45,55)(H,46,56)(H,48,57)(H,50,58)(H,51,54)(H4,43,44,47). The van der Waals surface area contributed by atoms with Crippen LogP contribution in [0.4, 0.5) is 11.4 Å². The van der Waals surface area contributed by atoms with Crippen molar-refractivity contribution >= 4 is 194 Å². The van der Waals surface area contributed by atoms with E-state index in [0.717, 1.165) is 12.8 Å². The van der Waals surface area contributed by atoms with Crippen molar-refractivity contribution in [3.8, 4) is 0 Å². The Balaban J connectivity index is 2.04. The van der Waals surface area contributed by atoms with Gasteiger partial charge in [0.25, 0.3) is 23.6 Å². The van der Waals surface area contributed by atoms with Crippen LogP contribution < -0.4 is 38.1 Å². The van der Waals surface area contributed by atoms with Crippen LogP contribution in [0, 0.1) is 27.3 Å². The number of nitrogens with one attached hydrogen (secondary N) is 5. The second-order valence-corrected chi connectivity index (χ2v) is 19.7. The van der Waals surface area contributed by atoms with Crippen molar-refractivity contribution < 1.29 is 38.6 Å². The van der Waals surface area contributed by atoms with Crippen LogP contribution in [-0.4, -0.2) is 117 Å². The first-order chi connectivity index (χ1) is 28.3. The zero-order valence-corrected chi connectivity index (χ0v) is 45.7. The zero-order valence-electron chi connectivity index (χ0n) is 32.8. The first-order valence-corrected chi connectivity index (χ1v) is 24.6. The number of benzene rings is 2. The van der Waals surface area contributed by atoms with Gasteiger partial charge in [-0.3, -0.25) is 33.8 Å². The lowest BCUT2D eigenvalue weighted by molar-refractivity contribution is -0.134. The fourth-order valence-corrected chi connectivity index (χ4v) is 14.6. The Labute approximate surface area is 429 Å². The molecule has 1 atom stereocenters. The van der Waals surface area contributed by atoms with Gasteiger partial charge in [0.1, 0.15) is 6.04 Å². The summed E-state index contributed by atoms with van der Waals surface area (Å²) in [4.78, 5) is 92.4.